The Balaban J connectivity index is 2.13. The largest absolute Gasteiger partial charge is 0.284 e. The molecule has 1 aromatic carbocycles. The molecule has 1 N–H and O–H groups in total. The zero-order valence-electron chi connectivity index (χ0n) is 15.1. The van der Waals surface area contributed by atoms with Crippen molar-refractivity contribution in [3.05, 3.63) is 24.3 Å². The minimum absolute atomic E-state index is 0.0626. The SMILES string of the molecule is CCCCS(=O)(=O)Nc1ccc(S(=O)(=O)N2C[C@H](C)C[C@@H](C)C2)cc1. The van der Waals surface area contributed by atoms with E-state index in [1.165, 1.54) is 28.6 Å². The molecule has 25 heavy (non-hydrogen) atoms. The third kappa shape index (κ3) is 5.43. The van der Waals surface area contributed by atoms with Crippen LogP contribution >= 0.6 is 0 Å². The molecule has 1 aliphatic heterocycles. The summed E-state index contributed by atoms with van der Waals surface area (Å²) in [4.78, 5) is 0.199. The number of piperidine rings is 1. The van der Waals surface area contributed by atoms with Crippen LogP contribution in [0.2, 0.25) is 0 Å². The van der Waals surface area contributed by atoms with Crippen LogP contribution in [0, 0.1) is 11.8 Å². The molecule has 8 heteroatoms. The number of anilines is 1. The van der Waals surface area contributed by atoms with E-state index in [4.69, 9.17) is 0 Å². The van der Waals surface area contributed by atoms with E-state index in [-0.39, 0.29) is 10.6 Å². The Morgan fingerprint density at radius 3 is 2.12 bits per heavy atom. The summed E-state index contributed by atoms with van der Waals surface area (Å²) in [7, 11) is -6.94. The van der Waals surface area contributed by atoms with E-state index in [0.717, 1.165) is 12.8 Å². The molecule has 142 valence electrons. The fourth-order valence-electron chi connectivity index (χ4n) is 3.21. The molecule has 1 saturated heterocycles. The number of unbranched alkanes of at least 4 members (excludes halogenated alkanes) is 1. The fourth-order valence-corrected chi connectivity index (χ4v) is 6.16. The first-order valence-electron chi connectivity index (χ1n) is 8.74. The summed E-state index contributed by atoms with van der Waals surface area (Å²) in [5, 5.41) is 0. The van der Waals surface area contributed by atoms with Crippen molar-refractivity contribution in [2.24, 2.45) is 11.8 Å². The molecule has 1 fully saturated rings. The van der Waals surface area contributed by atoms with Crippen molar-refractivity contribution in [2.45, 2.75) is 44.9 Å². The summed E-state index contributed by atoms with van der Waals surface area (Å²) in [6.07, 6.45) is 2.42. The van der Waals surface area contributed by atoms with Gasteiger partial charge in [-0.15, -0.1) is 0 Å². The van der Waals surface area contributed by atoms with Crippen molar-refractivity contribution >= 4 is 25.7 Å². The lowest BCUT2D eigenvalue weighted by atomic mass is 9.94. The fraction of sp³-hybridized carbons (Fsp3) is 0.647. The number of rotatable bonds is 7. The summed E-state index contributed by atoms with van der Waals surface area (Å²) in [5.74, 6) is 0.735. The van der Waals surface area contributed by atoms with Gasteiger partial charge in [0.05, 0.1) is 10.6 Å². The lowest BCUT2D eigenvalue weighted by molar-refractivity contribution is 0.222. The van der Waals surface area contributed by atoms with E-state index < -0.39 is 20.0 Å². The maximum absolute atomic E-state index is 12.8. The molecular weight excluding hydrogens is 360 g/mol. The molecule has 0 saturated carbocycles. The van der Waals surface area contributed by atoms with Crippen LogP contribution in [-0.4, -0.2) is 40.0 Å². The lowest BCUT2D eigenvalue weighted by Gasteiger charge is -2.34. The van der Waals surface area contributed by atoms with Crippen LogP contribution in [0.4, 0.5) is 5.69 Å². The van der Waals surface area contributed by atoms with Gasteiger partial charge in [0.25, 0.3) is 0 Å². The number of hydrogen-bond acceptors (Lipinski definition) is 4. The van der Waals surface area contributed by atoms with E-state index >= 15 is 0 Å². The summed E-state index contributed by atoms with van der Waals surface area (Å²) in [6.45, 7) is 7.10. The Kier molecular flexibility index (Phi) is 6.51. The van der Waals surface area contributed by atoms with Gasteiger partial charge in [-0.2, -0.15) is 4.31 Å². The van der Waals surface area contributed by atoms with Gasteiger partial charge in [-0.1, -0.05) is 27.2 Å². The second kappa shape index (κ2) is 8.05. The van der Waals surface area contributed by atoms with Gasteiger partial charge in [0.1, 0.15) is 0 Å². The Labute approximate surface area is 151 Å². The Morgan fingerprint density at radius 2 is 1.60 bits per heavy atom. The smallest absolute Gasteiger partial charge is 0.243 e. The van der Waals surface area contributed by atoms with Gasteiger partial charge in [0.15, 0.2) is 0 Å². The first-order valence-corrected chi connectivity index (χ1v) is 11.8. The summed E-state index contributed by atoms with van der Waals surface area (Å²) in [6, 6.07) is 5.95. The molecule has 0 amide bonds. The van der Waals surface area contributed by atoms with Crippen LogP contribution in [0.5, 0.6) is 0 Å². The second-order valence-electron chi connectivity index (χ2n) is 7.07. The molecule has 2 atom stereocenters. The minimum atomic E-state index is -3.55. The molecule has 6 nitrogen and oxygen atoms in total. The summed E-state index contributed by atoms with van der Waals surface area (Å²) < 4.78 is 53.5. The molecule has 0 aliphatic carbocycles. The lowest BCUT2D eigenvalue weighted by Crippen LogP contribution is -2.42. The van der Waals surface area contributed by atoms with Gasteiger partial charge < -0.3 is 0 Å². The van der Waals surface area contributed by atoms with Gasteiger partial charge in [-0.05, 0) is 48.9 Å². The maximum Gasteiger partial charge on any atom is 0.243 e. The van der Waals surface area contributed by atoms with Crippen LogP contribution in [0.15, 0.2) is 29.2 Å². The van der Waals surface area contributed by atoms with Gasteiger partial charge in [0, 0.05) is 18.8 Å². The molecule has 0 spiro atoms. The number of sulfonamides is 2. The average molecular weight is 389 g/mol. The Hall–Kier alpha value is -1.12. The van der Waals surface area contributed by atoms with E-state index in [2.05, 4.69) is 18.6 Å². The molecule has 0 aromatic heterocycles. The Bertz CT molecular complexity index is 763. The van der Waals surface area contributed by atoms with Crippen LogP contribution in [0.1, 0.15) is 40.0 Å². The van der Waals surface area contributed by atoms with Crippen LogP contribution in [-0.2, 0) is 20.0 Å². The van der Waals surface area contributed by atoms with Crippen molar-refractivity contribution in [3.63, 3.8) is 0 Å². The third-order valence-electron chi connectivity index (χ3n) is 4.37. The number of hydrogen-bond donors (Lipinski definition) is 1. The van der Waals surface area contributed by atoms with Crippen LogP contribution in [0.25, 0.3) is 0 Å². The molecule has 1 aromatic rings. The zero-order chi connectivity index (χ0) is 18.7. The number of nitrogens with zero attached hydrogens (tertiary/aromatic N) is 1. The summed E-state index contributed by atoms with van der Waals surface area (Å²) >= 11 is 0. The van der Waals surface area contributed by atoms with Crippen LogP contribution < -0.4 is 4.72 Å². The highest BCUT2D eigenvalue weighted by Gasteiger charge is 2.31. The monoisotopic (exact) mass is 388 g/mol. The van der Waals surface area contributed by atoms with Gasteiger partial charge in [-0.3, -0.25) is 4.72 Å². The summed E-state index contributed by atoms with van der Waals surface area (Å²) in [5.41, 5.74) is 0.385. The molecular formula is C17H28N2O4S2. The predicted octanol–water partition coefficient (Wildman–Crippen LogP) is 2.90. The quantitative estimate of drug-likeness (QED) is 0.778. The van der Waals surface area contributed by atoms with Crippen molar-refractivity contribution in [2.75, 3.05) is 23.6 Å². The third-order valence-corrected chi connectivity index (χ3v) is 7.59. The van der Waals surface area contributed by atoms with Gasteiger partial charge >= 0.3 is 0 Å². The van der Waals surface area contributed by atoms with E-state index in [1.807, 2.05) is 6.92 Å². The minimum Gasteiger partial charge on any atom is -0.284 e. The number of benzene rings is 1. The van der Waals surface area contributed by atoms with E-state index in [0.29, 0.717) is 37.0 Å². The first-order chi connectivity index (χ1) is 11.6. The number of nitrogens with one attached hydrogen (secondary N) is 1. The first kappa shape index (κ1) is 20.2. The highest BCUT2D eigenvalue weighted by molar-refractivity contribution is 7.92. The van der Waals surface area contributed by atoms with Crippen molar-refractivity contribution in [1.29, 1.82) is 0 Å². The predicted molar refractivity (Wildman–Crippen MR) is 100 cm³/mol. The molecule has 1 aliphatic rings. The van der Waals surface area contributed by atoms with E-state index in [9.17, 15) is 16.8 Å². The molecule has 2 rings (SSSR count). The average Bonchev–Trinajstić information content (AvgIpc) is 2.52. The van der Waals surface area contributed by atoms with Gasteiger partial charge in [-0.25, -0.2) is 16.8 Å². The zero-order valence-corrected chi connectivity index (χ0v) is 16.7. The van der Waals surface area contributed by atoms with Gasteiger partial charge in [0.2, 0.25) is 20.0 Å². The van der Waals surface area contributed by atoms with E-state index in [1.54, 1.807) is 0 Å². The standard InChI is InChI=1S/C17H28N2O4S2/c1-4-5-10-24(20,21)18-16-6-8-17(9-7-16)25(22,23)19-12-14(2)11-15(3)13-19/h6-9,14-15,18H,4-5,10-13H2,1-3H3/t14-,15-/m1/s1. The van der Waals surface area contributed by atoms with Crippen molar-refractivity contribution in [1.82, 2.24) is 4.31 Å². The highest BCUT2D eigenvalue weighted by Crippen LogP contribution is 2.27. The molecule has 0 unspecified atom stereocenters. The molecule has 0 bridgehead atoms. The molecule has 0 radical (unpaired) electrons. The highest BCUT2D eigenvalue weighted by atomic mass is 32.2. The molecule has 1 heterocycles. The Morgan fingerprint density at radius 1 is 1.04 bits per heavy atom. The van der Waals surface area contributed by atoms with Crippen molar-refractivity contribution < 1.29 is 16.8 Å². The van der Waals surface area contributed by atoms with Crippen LogP contribution in [0.3, 0.4) is 0 Å². The normalized spacial score (nSPS) is 22.7. The van der Waals surface area contributed by atoms with Crippen molar-refractivity contribution in [3.8, 4) is 0 Å². The maximum atomic E-state index is 12.8. The second-order valence-corrected chi connectivity index (χ2v) is 10.8. The topological polar surface area (TPSA) is 83.5 Å².